The van der Waals surface area contributed by atoms with Gasteiger partial charge in [-0.05, 0) is 18.2 Å². The molecule has 1 aliphatic heterocycles. The first-order valence-corrected chi connectivity index (χ1v) is 10.4. The Morgan fingerprint density at radius 1 is 1.27 bits per heavy atom. The van der Waals surface area contributed by atoms with Crippen LogP contribution in [0.1, 0.15) is 21.8 Å². The van der Waals surface area contributed by atoms with Crippen molar-refractivity contribution < 1.29 is 23.1 Å². The standard InChI is InChI=1S/C21H20FN3O4S/c22-18-5-2-1-4-15(18)12-29-17-9-24(8-16-13-30-14-23-16)20(26)11-25(10-17)21(27)19-6-3-7-28-19/h1-7,13-14,17H,8-12H2. The Bertz CT molecular complexity index is 994. The summed E-state index contributed by atoms with van der Waals surface area (Å²) in [7, 11) is 0. The van der Waals surface area contributed by atoms with Crippen LogP contribution in [-0.4, -0.2) is 52.3 Å². The van der Waals surface area contributed by atoms with Crippen molar-refractivity contribution in [3.8, 4) is 0 Å². The van der Waals surface area contributed by atoms with Crippen molar-refractivity contribution in [3.05, 3.63) is 76.4 Å². The van der Waals surface area contributed by atoms with Gasteiger partial charge in [-0.25, -0.2) is 9.37 Å². The normalized spacial score (nSPS) is 17.2. The maximum absolute atomic E-state index is 14.0. The summed E-state index contributed by atoms with van der Waals surface area (Å²) in [6, 6.07) is 9.54. The van der Waals surface area contributed by atoms with Gasteiger partial charge >= 0.3 is 0 Å². The SMILES string of the molecule is O=C1CN(C(=O)c2ccco2)CC(OCc2ccccc2F)CN1Cc1cscn1. The van der Waals surface area contributed by atoms with Gasteiger partial charge in [-0.15, -0.1) is 11.3 Å². The summed E-state index contributed by atoms with van der Waals surface area (Å²) in [5.41, 5.74) is 2.89. The Labute approximate surface area is 176 Å². The molecule has 1 aliphatic rings. The van der Waals surface area contributed by atoms with Crippen LogP contribution in [0.5, 0.6) is 0 Å². The van der Waals surface area contributed by atoms with Crippen LogP contribution < -0.4 is 0 Å². The summed E-state index contributed by atoms with van der Waals surface area (Å²) in [4.78, 5) is 32.9. The van der Waals surface area contributed by atoms with Crippen LogP contribution in [-0.2, 0) is 22.7 Å². The molecule has 1 atom stereocenters. The van der Waals surface area contributed by atoms with E-state index < -0.39 is 6.10 Å². The molecule has 30 heavy (non-hydrogen) atoms. The number of carbonyl (C=O) groups is 2. The third-order valence-electron chi connectivity index (χ3n) is 4.81. The van der Waals surface area contributed by atoms with Crippen LogP contribution in [0.3, 0.4) is 0 Å². The van der Waals surface area contributed by atoms with Crippen molar-refractivity contribution in [1.29, 1.82) is 0 Å². The third-order valence-corrected chi connectivity index (χ3v) is 5.45. The number of thiazole rings is 1. The first-order valence-electron chi connectivity index (χ1n) is 9.43. The predicted octanol–water partition coefficient (Wildman–Crippen LogP) is 2.95. The molecule has 0 N–H and O–H groups in total. The fourth-order valence-electron chi connectivity index (χ4n) is 3.28. The highest BCUT2D eigenvalue weighted by Crippen LogP contribution is 2.17. The maximum atomic E-state index is 14.0. The second kappa shape index (κ2) is 9.19. The van der Waals surface area contributed by atoms with Crippen molar-refractivity contribution in [2.75, 3.05) is 19.6 Å². The fourth-order valence-corrected chi connectivity index (χ4v) is 3.83. The van der Waals surface area contributed by atoms with Crippen LogP contribution in [0.4, 0.5) is 4.39 Å². The minimum atomic E-state index is -0.492. The van der Waals surface area contributed by atoms with E-state index in [0.717, 1.165) is 5.69 Å². The van der Waals surface area contributed by atoms with E-state index in [2.05, 4.69) is 4.98 Å². The first kappa shape index (κ1) is 20.2. The molecule has 156 valence electrons. The van der Waals surface area contributed by atoms with E-state index in [-0.39, 0.29) is 49.6 Å². The van der Waals surface area contributed by atoms with Crippen LogP contribution in [0.2, 0.25) is 0 Å². The van der Waals surface area contributed by atoms with Gasteiger partial charge in [-0.1, -0.05) is 18.2 Å². The van der Waals surface area contributed by atoms with Gasteiger partial charge in [0.05, 0.1) is 36.7 Å². The summed E-state index contributed by atoms with van der Waals surface area (Å²) >= 11 is 1.45. The number of furan rings is 1. The Hall–Kier alpha value is -3.04. The molecule has 9 heteroatoms. The quantitative estimate of drug-likeness (QED) is 0.602. The van der Waals surface area contributed by atoms with E-state index in [9.17, 15) is 14.0 Å². The lowest BCUT2D eigenvalue weighted by Crippen LogP contribution is -2.39. The number of hydrogen-bond acceptors (Lipinski definition) is 6. The molecular formula is C21H20FN3O4S. The van der Waals surface area contributed by atoms with E-state index in [1.165, 1.54) is 28.6 Å². The molecule has 0 saturated carbocycles. The van der Waals surface area contributed by atoms with E-state index in [0.29, 0.717) is 12.1 Å². The Morgan fingerprint density at radius 3 is 2.87 bits per heavy atom. The van der Waals surface area contributed by atoms with E-state index in [4.69, 9.17) is 9.15 Å². The largest absolute Gasteiger partial charge is 0.459 e. The molecule has 2 aromatic heterocycles. The summed E-state index contributed by atoms with van der Waals surface area (Å²) in [5, 5.41) is 1.87. The van der Waals surface area contributed by atoms with Gasteiger partial charge in [0.1, 0.15) is 12.4 Å². The molecule has 7 nitrogen and oxygen atoms in total. The minimum Gasteiger partial charge on any atom is -0.459 e. The molecule has 0 aliphatic carbocycles. The fraction of sp³-hybridized carbons (Fsp3) is 0.286. The monoisotopic (exact) mass is 429 g/mol. The van der Waals surface area contributed by atoms with Crippen LogP contribution >= 0.6 is 11.3 Å². The van der Waals surface area contributed by atoms with Crippen molar-refractivity contribution >= 4 is 23.2 Å². The number of halogens is 1. The predicted molar refractivity (Wildman–Crippen MR) is 107 cm³/mol. The number of carbonyl (C=O) groups excluding carboxylic acids is 2. The molecule has 3 heterocycles. The zero-order chi connectivity index (χ0) is 20.9. The summed E-state index contributed by atoms with van der Waals surface area (Å²) < 4.78 is 25.1. The lowest BCUT2D eigenvalue weighted by molar-refractivity contribution is -0.132. The topological polar surface area (TPSA) is 75.9 Å². The van der Waals surface area contributed by atoms with Gasteiger partial charge in [-0.2, -0.15) is 0 Å². The number of hydrogen-bond donors (Lipinski definition) is 0. The highest BCUT2D eigenvalue weighted by Gasteiger charge is 2.32. The zero-order valence-corrected chi connectivity index (χ0v) is 16.9. The molecule has 2 amide bonds. The lowest BCUT2D eigenvalue weighted by atomic mass is 10.2. The second-order valence-corrected chi connectivity index (χ2v) is 7.66. The number of amides is 2. The molecule has 0 spiro atoms. The van der Waals surface area contributed by atoms with E-state index in [1.807, 2.05) is 5.38 Å². The summed E-state index contributed by atoms with van der Waals surface area (Å²) in [6.07, 6.45) is 0.918. The average Bonchev–Trinajstić information content (AvgIpc) is 3.43. The highest BCUT2D eigenvalue weighted by molar-refractivity contribution is 7.07. The number of aromatic nitrogens is 1. The molecule has 0 radical (unpaired) electrons. The lowest BCUT2D eigenvalue weighted by Gasteiger charge is -2.24. The molecule has 1 fully saturated rings. The minimum absolute atomic E-state index is 0.0405. The average molecular weight is 429 g/mol. The molecule has 3 aromatic rings. The Balaban J connectivity index is 1.52. The molecule has 1 saturated heterocycles. The smallest absolute Gasteiger partial charge is 0.290 e. The van der Waals surface area contributed by atoms with Crippen LogP contribution in [0, 0.1) is 5.82 Å². The molecule has 0 bridgehead atoms. The van der Waals surface area contributed by atoms with Crippen molar-refractivity contribution in [2.24, 2.45) is 0 Å². The molecule has 1 aromatic carbocycles. The molecular weight excluding hydrogens is 409 g/mol. The number of benzene rings is 1. The van der Waals surface area contributed by atoms with Gasteiger partial charge < -0.3 is 19.0 Å². The van der Waals surface area contributed by atoms with Crippen molar-refractivity contribution in [2.45, 2.75) is 19.3 Å². The van der Waals surface area contributed by atoms with Crippen LogP contribution in [0.25, 0.3) is 0 Å². The molecule has 1 unspecified atom stereocenters. The maximum Gasteiger partial charge on any atom is 0.290 e. The van der Waals surface area contributed by atoms with Crippen LogP contribution in [0.15, 0.2) is 58.0 Å². The van der Waals surface area contributed by atoms with E-state index in [1.54, 1.807) is 40.7 Å². The van der Waals surface area contributed by atoms with Gasteiger partial charge in [-0.3, -0.25) is 9.59 Å². The number of rotatable bonds is 6. The zero-order valence-electron chi connectivity index (χ0n) is 16.1. The Morgan fingerprint density at radius 2 is 2.13 bits per heavy atom. The summed E-state index contributed by atoms with van der Waals surface area (Å²) in [6.45, 7) is 0.729. The van der Waals surface area contributed by atoms with Crippen molar-refractivity contribution in [1.82, 2.24) is 14.8 Å². The van der Waals surface area contributed by atoms with Gasteiger partial charge in [0, 0.05) is 24.0 Å². The van der Waals surface area contributed by atoms with Crippen molar-refractivity contribution in [3.63, 3.8) is 0 Å². The van der Waals surface area contributed by atoms with Gasteiger partial charge in [0.25, 0.3) is 5.91 Å². The first-order chi connectivity index (χ1) is 14.6. The number of ether oxygens (including phenoxy) is 1. The van der Waals surface area contributed by atoms with Gasteiger partial charge in [0.15, 0.2) is 5.76 Å². The van der Waals surface area contributed by atoms with E-state index >= 15 is 0 Å². The molecule has 4 rings (SSSR count). The second-order valence-electron chi connectivity index (χ2n) is 6.94. The Kier molecular flexibility index (Phi) is 6.20. The summed E-state index contributed by atoms with van der Waals surface area (Å²) in [5.74, 6) is -0.795. The highest BCUT2D eigenvalue weighted by atomic mass is 32.1. The van der Waals surface area contributed by atoms with Gasteiger partial charge in [0.2, 0.25) is 5.91 Å². The third kappa shape index (κ3) is 4.74. The number of nitrogens with zero attached hydrogens (tertiary/aromatic N) is 3.